The molecule has 0 saturated heterocycles. The number of rotatable bonds is 1. The summed E-state index contributed by atoms with van der Waals surface area (Å²) in [7, 11) is 0. The second-order valence-corrected chi connectivity index (χ2v) is 4.60. The van der Waals surface area contributed by atoms with E-state index in [1.54, 1.807) is 12.3 Å². The molecule has 0 aromatic carbocycles. The van der Waals surface area contributed by atoms with Gasteiger partial charge in [0, 0.05) is 12.6 Å². The number of hydrogen-bond acceptors (Lipinski definition) is 1. The van der Waals surface area contributed by atoms with E-state index < -0.39 is 3.79 Å². The van der Waals surface area contributed by atoms with Crippen molar-refractivity contribution in [2.45, 2.75) is 10.2 Å². The van der Waals surface area contributed by atoms with Gasteiger partial charge in [-0.1, -0.05) is 40.9 Å². The molecule has 0 saturated carbocycles. The maximum absolute atomic E-state index is 5.56. The highest BCUT2D eigenvalue weighted by molar-refractivity contribution is 6.67. The molecule has 0 N–H and O–H groups in total. The number of alkyl halides is 3. The van der Waals surface area contributed by atoms with Gasteiger partial charge in [-0.2, -0.15) is 0 Å². The maximum Gasteiger partial charge on any atom is 0.194 e. The van der Waals surface area contributed by atoms with Gasteiger partial charge in [0.2, 0.25) is 0 Å². The fourth-order valence-corrected chi connectivity index (χ4v) is 1.15. The Hall–Kier alpha value is 0.0200. The van der Waals surface area contributed by atoms with E-state index in [0.29, 0.717) is 6.42 Å². The molecule has 59 valence electrons. The van der Waals surface area contributed by atoms with Gasteiger partial charge in [-0.25, -0.2) is 0 Å². The molecule has 0 aliphatic carbocycles. The first-order chi connectivity index (χ1) is 5.08. The van der Waals surface area contributed by atoms with Gasteiger partial charge in [0.05, 0.1) is 6.20 Å². The Morgan fingerprint density at radius 2 is 2.18 bits per heavy atom. The summed E-state index contributed by atoms with van der Waals surface area (Å²) in [5.41, 5.74) is 0.892. The summed E-state index contributed by atoms with van der Waals surface area (Å²) < 4.78 is -1.23. The van der Waals surface area contributed by atoms with Crippen LogP contribution in [0.2, 0.25) is 0 Å². The topological polar surface area (TPSA) is 12.9 Å². The molecule has 1 nitrogen and oxygen atoms in total. The van der Waals surface area contributed by atoms with Gasteiger partial charge in [-0.15, -0.1) is 0 Å². The Balaban J connectivity index is 2.66. The molecular weight excluding hydrogens is 204 g/mol. The standard InChI is InChI=1S/C7H5Cl3N/c8-7(9,10)4-6-2-1-3-11-5-6/h1-2,5H,4H2. The largest absolute Gasteiger partial charge is 0.254 e. The Morgan fingerprint density at radius 1 is 1.45 bits per heavy atom. The van der Waals surface area contributed by atoms with Crippen LogP contribution in [0, 0.1) is 6.20 Å². The fraction of sp³-hybridized carbons (Fsp3) is 0.286. The van der Waals surface area contributed by atoms with Crippen molar-refractivity contribution in [2.24, 2.45) is 0 Å². The van der Waals surface area contributed by atoms with Crippen LogP contribution in [0.1, 0.15) is 5.56 Å². The fourth-order valence-electron chi connectivity index (χ4n) is 0.687. The van der Waals surface area contributed by atoms with E-state index in [0.717, 1.165) is 5.56 Å². The van der Waals surface area contributed by atoms with Crippen molar-refractivity contribution < 1.29 is 0 Å². The Kier molecular flexibility index (Phi) is 2.99. The van der Waals surface area contributed by atoms with Crippen molar-refractivity contribution in [3.8, 4) is 0 Å². The summed E-state index contributed by atoms with van der Waals surface area (Å²) >= 11 is 16.7. The van der Waals surface area contributed by atoms with Gasteiger partial charge in [-0.3, -0.25) is 4.98 Å². The van der Waals surface area contributed by atoms with Crippen molar-refractivity contribution in [1.82, 2.24) is 4.98 Å². The molecule has 0 bridgehead atoms. The highest BCUT2D eigenvalue weighted by Gasteiger charge is 2.19. The minimum absolute atomic E-state index is 0.374. The zero-order chi connectivity index (χ0) is 8.32. The quantitative estimate of drug-likeness (QED) is 0.648. The molecule has 0 amide bonds. The molecule has 0 fully saturated rings. The lowest BCUT2D eigenvalue weighted by Crippen LogP contribution is -2.06. The monoisotopic (exact) mass is 208 g/mol. The number of pyridine rings is 1. The molecule has 0 unspecified atom stereocenters. The van der Waals surface area contributed by atoms with E-state index in [1.165, 1.54) is 0 Å². The van der Waals surface area contributed by atoms with Crippen LogP contribution in [0.5, 0.6) is 0 Å². The lowest BCUT2D eigenvalue weighted by Gasteiger charge is -2.08. The van der Waals surface area contributed by atoms with Gasteiger partial charge in [0.1, 0.15) is 0 Å². The number of nitrogens with zero attached hydrogens (tertiary/aromatic N) is 1. The Labute approximate surface area is 80.3 Å². The van der Waals surface area contributed by atoms with Crippen LogP contribution < -0.4 is 0 Å². The molecule has 0 spiro atoms. The average Bonchev–Trinajstić information content (AvgIpc) is 1.85. The number of halogens is 3. The summed E-state index contributed by atoms with van der Waals surface area (Å²) in [6.45, 7) is 0. The highest BCUT2D eigenvalue weighted by atomic mass is 35.6. The maximum atomic E-state index is 5.56. The normalized spacial score (nSPS) is 11.5. The Bertz CT molecular complexity index is 217. The first-order valence-electron chi connectivity index (χ1n) is 2.96. The predicted octanol–water partition coefficient (Wildman–Crippen LogP) is 2.79. The third-order valence-electron chi connectivity index (χ3n) is 1.08. The summed E-state index contributed by atoms with van der Waals surface area (Å²) in [4.78, 5) is 3.77. The smallest absolute Gasteiger partial charge is 0.194 e. The van der Waals surface area contributed by atoms with Crippen molar-refractivity contribution in [3.63, 3.8) is 0 Å². The van der Waals surface area contributed by atoms with Crippen molar-refractivity contribution in [3.05, 3.63) is 30.1 Å². The second-order valence-electron chi connectivity index (χ2n) is 2.09. The van der Waals surface area contributed by atoms with Gasteiger partial charge in [-0.05, 0) is 11.6 Å². The molecule has 0 aliphatic heterocycles. The predicted molar refractivity (Wildman–Crippen MR) is 47.1 cm³/mol. The van der Waals surface area contributed by atoms with E-state index in [4.69, 9.17) is 34.8 Å². The molecule has 1 aromatic rings. The van der Waals surface area contributed by atoms with Crippen LogP contribution in [0.3, 0.4) is 0 Å². The van der Waals surface area contributed by atoms with Gasteiger partial charge >= 0.3 is 0 Å². The van der Waals surface area contributed by atoms with E-state index in [2.05, 4.69) is 11.2 Å². The van der Waals surface area contributed by atoms with Gasteiger partial charge < -0.3 is 0 Å². The number of aromatic nitrogens is 1. The minimum atomic E-state index is -1.23. The zero-order valence-electron chi connectivity index (χ0n) is 5.52. The average molecular weight is 209 g/mol. The van der Waals surface area contributed by atoms with E-state index in [1.807, 2.05) is 6.07 Å². The molecule has 1 radical (unpaired) electrons. The first-order valence-corrected chi connectivity index (χ1v) is 4.09. The molecule has 1 rings (SSSR count). The molecule has 1 heterocycles. The van der Waals surface area contributed by atoms with E-state index in [9.17, 15) is 0 Å². The van der Waals surface area contributed by atoms with Crippen LogP contribution in [-0.4, -0.2) is 8.78 Å². The number of hydrogen-bond donors (Lipinski definition) is 0. The van der Waals surface area contributed by atoms with Crippen molar-refractivity contribution in [1.29, 1.82) is 0 Å². The van der Waals surface area contributed by atoms with Gasteiger partial charge in [0.25, 0.3) is 0 Å². The van der Waals surface area contributed by atoms with Crippen LogP contribution in [0.25, 0.3) is 0 Å². The third-order valence-corrected chi connectivity index (χ3v) is 1.48. The van der Waals surface area contributed by atoms with Crippen LogP contribution in [-0.2, 0) is 6.42 Å². The Morgan fingerprint density at radius 3 is 2.64 bits per heavy atom. The van der Waals surface area contributed by atoms with Crippen LogP contribution in [0.15, 0.2) is 18.3 Å². The minimum Gasteiger partial charge on any atom is -0.254 e. The van der Waals surface area contributed by atoms with Gasteiger partial charge in [0.15, 0.2) is 3.79 Å². The van der Waals surface area contributed by atoms with E-state index >= 15 is 0 Å². The summed E-state index contributed by atoms with van der Waals surface area (Å²) in [5.74, 6) is 0. The highest BCUT2D eigenvalue weighted by Crippen LogP contribution is 2.29. The zero-order valence-corrected chi connectivity index (χ0v) is 7.79. The molecular formula is C7H5Cl3N. The summed E-state index contributed by atoms with van der Waals surface area (Å²) in [5, 5.41) is 0. The van der Waals surface area contributed by atoms with Crippen molar-refractivity contribution >= 4 is 34.8 Å². The third kappa shape index (κ3) is 3.80. The lowest BCUT2D eigenvalue weighted by atomic mass is 10.2. The van der Waals surface area contributed by atoms with Crippen LogP contribution in [0.4, 0.5) is 0 Å². The molecule has 11 heavy (non-hydrogen) atoms. The molecule has 1 aromatic heterocycles. The summed E-state index contributed by atoms with van der Waals surface area (Å²) in [6.07, 6.45) is 4.64. The summed E-state index contributed by atoms with van der Waals surface area (Å²) in [6, 6.07) is 3.50. The first kappa shape index (κ1) is 9.11. The lowest BCUT2D eigenvalue weighted by molar-refractivity contribution is 1.00. The van der Waals surface area contributed by atoms with E-state index in [-0.39, 0.29) is 0 Å². The van der Waals surface area contributed by atoms with Crippen molar-refractivity contribution in [2.75, 3.05) is 0 Å². The molecule has 0 atom stereocenters. The second kappa shape index (κ2) is 3.61. The SMILES string of the molecule is ClC(Cl)(Cl)Cc1cc[c]nc1. The van der Waals surface area contributed by atoms with Crippen LogP contribution >= 0.6 is 34.8 Å². The molecule has 0 aliphatic rings. The molecule has 4 heteroatoms.